The molecule has 26 heavy (non-hydrogen) atoms. The highest BCUT2D eigenvalue weighted by molar-refractivity contribution is 6.33. The molecule has 1 atom stereocenters. The van der Waals surface area contributed by atoms with Gasteiger partial charge in [-0.3, -0.25) is 15.0 Å². The van der Waals surface area contributed by atoms with Gasteiger partial charge in [-0.2, -0.15) is 0 Å². The van der Waals surface area contributed by atoms with Gasteiger partial charge in [0.05, 0.1) is 16.8 Å². The van der Waals surface area contributed by atoms with Crippen LogP contribution in [0.15, 0.2) is 24.3 Å². The van der Waals surface area contributed by atoms with Gasteiger partial charge in [-0.25, -0.2) is 4.79 Å². The van der Waals surface area contributed by atoms with Crippen molar-refractivity contribution in [2.75, 3.05) is 31.1 Å². The molecule has 7 heteroatoms. The first-order valence-electron chi connectivity index (χ1n) is 9.39. The van der Waals surface area contributed by atoms with E-state index in [9.17, 15) is 9.59 Å². The maximum atomic E-state index is 12.4. The maximum absolute atomic E-state index is 12.4. The second-order valence-electron chi connectivity index (χ2n) is 7.09. The van der Waals surface area contributed by atoms with E-state index >= 15 is 0 Å². The van der Waals surface area contributed by atoms with Gasteiger partial charge in [0, 0.05) is 32.2 Å². The molecule has 6 nitrogen and oxygen atoms in total. The standard InChI is InChI=1S/C19H27ClN4O2/c1-14(18(25)22-19(26)21-15-6-2-3-7-15)23-10-12-24(13-11-23)17-9-5-4-8-16(17)20/h4-5,8-9,14-15H,2-3,6-7,10-13H2,1H3,(H2,21,22,25,26)/t14-/m1/s1. The van der Waals surface area contributed by atoms with Crippen LogP contribution in [0.1, 0.15) is 32.6 Å². The third-order valence-electron chi connectivity index (χ3n) is 5.36. The summed E-state index contributed by atoms with van der Waals surface area (Å²) in [6, 6.07) is 7.31. The van der Waals surface area contributed by atoms with Crippen LogP contribution in [0.2, 0.25) is 5.02 Å². The van der Waals surface area contributed by atoms with E-state index in [1.54, 1.807) is 0 Å². The molecular formula is C19H27ClN4O2. The molecule has 1 aliphatic heterocycles. The molecule has 1 heterocycles. The van der Waals surface area contributed by atoms with Gasteiger partial charge in [0.2, 0.25) is 5.91 Å². The summed E-state index contributed by atoms with van der Waals surface area (Å²) in [5.41, 5.74) is 1.03. The molecule has 2 aliphatic rings. The molecule has 0 bridgehead atoms. The van der Waals surface area contributed by atoms with Gasteiger partial charge in [0.25, 0.3) is 0 Å². The molecule has 2 N–H and O–H groups in total. The summed E-state index contributed by atoms with van der Waals surface area (Å²) in [5, 5.41) is 6.13. The predicted octanol–water partition coefficient (Wildman–Crippen LogP) is 2.62. The number of rotatable bonds is 4. The van der Waals surface area contributed by atoms with Crippen molar-refractivity contribution in [3.63, 3.8) is 0 Å². The minimum atomic E-state index is -0.372. The number of piperazine rings is 1. The Balaban J connectivity index is 1.46. The second kappa shape index (κ2) is 8.73. The summed E-state index contributed by atoms with van der Waals surface area (Å²) in [6.45, 7) is 4.96. The third-order valence-corrected chi connectivity index (χ3v) is 5.68. The summed E-state index contributed by atoms with van der Waals surface area (Å²) in [7, 11) is 0. The minimum absolute atomic E-state index is 0.206. The van der Waals surface area contributed by atoms with Crippen molar-refractivity contribution in [3.05, 3.63) is 29.3 Å². The lowest BCUT2D eigenvalue weighted by atomic mass is 10.2. The first-order valence-corrected chi connectivity index (χ1v) is 9.77. The fourth-order valence-electron chi connectivity index (χ4n) is 3.73. The molecule has 2 fully saturated rings. The zero-order chi connectivity index (χ0) is 18.5. The second-order valence-corrected chi connectivity index (χ2v) is 7.50. The first kappa shape index (κ1) is 19.0. The van der Waals surface area contributed by atoms with E-state index in [1.807, 2.05) is 31.2 Å². The molecule has 142 valence electrons. The molecule has 0 unspecified atom stereocenters. The number of hydrogen-bond acceptors (Lipinski definition) is 4. The van der Waals surface area contributed by atoms with Gasteiger partial charge >= 0.3 is 6.03 Å². The topological polar surface area (TPSA) is 64.7 Å². The fraction of sp³-hybridized carbons (Fsp3) is 0.579. The highest BCUT2D eigenvalue weighted by Gasteiger charge is 2.27. The molecular weight excluding hydrogens is 352 g/mol. The number of nitrogens with zero attached hydrogens (tertiary/aromatic N) is 2. The summed E-state index contributed by atoms with van der Waals surface area (Å²) in [6.07, 6.45) is 4.29. The quantitative estimate of drug-likeness (QED) is 0.845. The molecule has 0 aromatic heterocycles. The van der Waals surface area contributed by atoms with Crippen molar-refractivity contribution >= 4 is 29.2 Å². The van der Waals surface area contributed by atoms with E-state index in [0.29, 0.717) is 0 Å². The molecule has 3 amide bonds. The highest BCUT2D eigenvalue weighted by Crippen LogP contribution is 2.26. The van der Waals surface area contributed by atoms with Crippen LogP contribution in [0.25, 0.3) is 0 Å². The number of benzene rings is 1. The Kier molecular flexibility index (Phi) is 6.38. The number of hydrogen-bond donors (Lipinski definition) is 2. The molecule has 1 aliphatic carbocycles. The lowest BCUT2D eigenvalue weighted by Gasteiger charge is -2.38. The molecule has 1 aromatic rings. The summed E-state index contributed by atoms with van der Waals surface area (Å²) in [5.74, 6) is -0.244. The number of halogens is 1. The Labute approximate surface area is 159 Å². The molecule has 1 aromatic carbocycles. The third kappa shape index (κ3) is 4.68. The molecule has 0 spiro atoms. The number of imide groups is 1. The Morgan fingerprint density at radius 3 is 2.42 bits per heavy atom. The van der Waals surface area contributed by atoms with Crippen molar-refractivity contribution in [2.24, 2.45) is 0 Å². The Hall–Kier alpha value is -1.79. The first-order chi connectivity index (χ1) is 12.5. The van der Waals surface area contributed by atoms with Crippen LogP contribution in [0.3, 0.4) is 0 Å². The van der Waals surface area contributed by atoms with Gasteiger partial charge in [0.15, 0.2) is 0 Å². The Morgan fingerprint density at radius 2 is 1.77 bits per heavy atom. The predicted molar refractivity (Wildman–Crippen MR) is 104 cm³/mol. The van der Waals surface area contributed by atoms with Gasteiger partial charge in [0.1, 0.15) is 0 Å². The van der Waals surface area contributed by atoms with Crippen LogP contribution in [-0.2, 0) is 4.79 Å². The number of amides is 3. The lowest BCUT2D eigenvalue weighted by Crippen LogP contribution is -2.56. The molecule has 3 rings (SSSR count). The van der Waals surface area contributed by atoms with Gasteiger partial charge in [-0.05, 0) is 31.9 Å². The maximum Gasteiger partial charge on any atom is 0.321 e. The monoisotopic (exact) mass is 378 g/mol. The summed E-state index contributed by atoms with van der Waals surface area (Å²) < 4.78 is 0. The Morgan fingerprint density at radius 1 is 1.12 bits per heavy atom. The summed E-state index contributed by atoms with van der Waals surface area (Å²) in [4.78, 5) is 28.7. The van der Waals surface area contributed by atoms with E-state index in [-0.39, 0.29) is 24.0 Å². The van der Waals surface area contributed by atoms with Crippen LogP contribution < -0.4 is 15.5 Å². The largest absolute Gasteiger partial charge is 0.368 e. The SMILES string of the molecule is C[C@H](C(=O)NC(=O)NC1CCCC1)N1CCN(c2ccccc2Cl)CC1. The van der Waals surface area contributed by atoms with E-state index in [4.69, 9.17) is 11.6 Å². The van der Waals surface area contributed by atoms with Crippen molar-refractivity contribution in [1.82, 2.24) is 15.5 Å². The van der Waals surface area contributed by atoms with Crippen molar-refractivity contribution < 1.29 is 9.59 Å². The Bertz CT molecular complexity index is 640. The van der Waals surface area contributed by atoms with E-state index in [0.717, 1.165) is 62.6 Å². The van der Waals surface area contributed by atoms with Crippen molar-refractivity contribution in [3.8, 4) is 0 Å². The molecule has 1 saturated carbocycles. The average molecular weight is 379 g/mol. The lowest BCUT2D eigenvalue weighted by molar-refractivity contribution is -0.124. The fourth-order valence-corrected chi connectivity index (χ4v) is 3.99. The van der Waals surface area contributed by atoms with Crippen molar-refractivity contribution in [2.45, 2.75) is 44.7 Å². The minimum Gasteiger partial charge on any atom is -0.368 e. The number of urea groups is 1. The van der Waals surface area contributed by atoms with Crippen LogP contribution in [0, 0.1) is 0 Å². The molecule has 0 radical (unpaired) electrons. The average Bonchev–Trinajstić information content (AvgIpc) is 3.14. The van der Waals surface area contributed by atoms with Crippen LogP contribution in [-0.4, -0.2) is 55.1 Å². The van der Waals surface area contributed by atoms with Gasteiger partial charge in [-0.15, -0.1) is 0 Å². The normalized spacial score (nSPS) is 20.0. The van der Waals surface area contributed by atoms with E-state index in [1.165, 1.54) is 0 Å². The zero-order valence-electron chi connectivity index (χ0n) is 15.2. The number of para-hydroxylation sites is 1. The molecule has 1 saturated heterocycles. The van der Waals surface area contributed by atoms with Crippen LogP contribution in [0.5, 0.6) is 0 Å². The summed E-state index contributed by atoms with van der Waals surface area (Å²) >= 11 is 6.27. The van der Waals surface area contributed by atoms with E-state index in [2.05, 4.69) is 20.4 Å². The highest BCUT2D eigenvalue weighted by atomic mass is 35.5. The number of carbonyl (C=O) groups is 2. The smallest absolute Gasteiger partial charge is 0.321 e. The zero-order valence-corrected chi connectivity index (χ0v) is 16.0. The van der Waals surface area contributed by atoms with Gasteiger partial charge in [-0.1, -0.05) is 36.6 Å². The van der Waals surface area contributed by atoms with Crippen LogP contribution in [0.4, 0.5) is 10.5 Å². The van der Waals surface area contributed by atoms with Crippen LogP contribution >= 0.6 is 11.6 Å². The number of carbonyl (C=O) groups excluding carboxylic acids is 2. The van der Waals surface area contributed by atoms with E-state index < -0.39 is 0 Å². The number of nitrogens with one attached hydrogen (secondary N) is 2. The van der Waals surface area contributed by atoms with Gasteiger partial charge < -0.3 is 10.2 Å². The van der Waals surface area contributed by atoms with Crippen molar-refractivity contribution in [1.29, 1.82) is 0 Å². The number of anilines is 1.